The van der Waals surface area contributed by atoms with Crippen LogP contribution in [-0.4, -0.2) is 11.0 Å². The second-order valence-corrected chi connectivity index (χ2v) is 7.80. The Bertz CT molecular complexity index is 540. The molecule has 1 aromatic carbocycles. The monoisotopic (exact) mass is 302 g/mol. The van der Waals surface area contributed by atoms with E-state index in [0.717, 1.165) is 19.4 Å². The van der Waals surface area contributed by atoms with Crippen LogP contribution in [0.2, 0.25) is 0 Å². The molecule has 0 saturated heterocycles. The summed E-state index contributed by atoms with van der Waals surface area (Å²) in [4.78, 5) is 5.86. The molecule has 21 heavy (non-hydrogen) atoms. The number of aryl methyl sites for hydroxylation is 1. The van der Waals surface area contributed by atoms with Crippen LogP contribution >= 0.6 is 11.3 Å². The Balaban J connectivity index is 1.76. The maximum atomic E-state index is 4.54. The van der Waals surface area contributed by atoms with Gasteiger partial charge in [0, 0.05) is 29.1 Å². The molecule has 0 aliphatic rings. The molecule has 0 aliphatic carbocycles. The molecule has 114 valence electrons. The molecule has 0 amide bonds. The Morgan fingerprint density at radius 2 is 1.90 bits per heavy atom. The van der Waals surface area contributed by atoms with E-state index in [0.29, 0.717) is 6.04 Å². The number of rotatable bonds is 6. The summed E-state index contributed by atoms with van der Waals surface area (Å²) in [6.45, 7) is 9.82. The highest BCUT2D eigenvalue weighted by molar-refractivity contribution is 7.11. The fourth-order valence-electron chi connectivity index (χ4n) is 2.14. The average Bonchev–Trinajstić information content (AvgIpc) is 2.93. The number of hydrogen-bond acceptors (Lipinski definition) is 3. The normalized spacial score (nSPS) is 13.3. The minimum absolute atomic E-state index is 0.155. The van der Waals surface area contributed by atoms with Crippen LogP contribution in [0.15, 0.2) is 36.5 Å². The first-order chi connectivity index (χ1) is 9.95. The number of hydrogen-bond donors (Lipinski definition) is 1. The third-order valence-corrected chi connectivity index (χ3v) is 4.95. The third-order valence-electron chi connectivity index (χ3n) is 3.53. The molecular weight excluding hydrogens is 276 g/mol. The molecule has 0 fully saturated rings. The number of benzene rings is 1. The van der Waals surface area contributed by atoms with E-state index in [1.165, 1.54) is 15.4 Å². The van der Waals surface area contributed by atoms with Gasteiger partial charge < -0.3 is 5.32 Å². The number of aromatic nitrogens is 1. The van der Waals surface area contributed by atoms with Crippen LogP contribution in [0.3, 0.4) is 0 Å². The van der Waals surface area contributed by atoms with E-state index in [1.807, 2.05) is 17.5 Å². The maximum Gasteiger partial charge on any atom is 0.0981 e. The minimum atomic E-state index is 0.155. The lowest BCUT2D eigenvalue weighted by atomic mass is 9.98. The molecule has 1 heterocycles. The highest BCUT2D eigenvalue weighted by atomic mass is 32.1. The fraction of sp³-hybridized carbons (Fsp3) is 0.500. The van der Waals surface area contributed by atoms with Crippen molar-refractivity contribution in [2.24, 2.45) is 0 Å². The standard InChI is InChI=1S/C18H26N2S/c1-14(10-11-15-8-6-5-7-9-15)19-12-16-13-20-17(21-16)18(2,3)4/h5-9,13-14,19H,10-12H2,1-4H3. The van der Waals surface area contributed by atoms with Crippen molar-refractivity contribution >= 4 is 11.3 Å². The van der Waals surface area contributed by atoms with Gasteiger partial charge in [0.2, 0.25) is 0 Å². The topological polar surface area (TPSA) is 24.9 Å². The van der Waals surface area contributed by atoms with Crippen LogP contribution in [0.1, 0.15) is 49.6 Å². The molecule has 2 rings (SSSR count). The van der Waals surface area contributed by atoms with Gasteiger partial charge in [-0.1, -0.05) is 51.1 Å². The molecular formula is C18H26N2S. The smallest absolute Gasteiger partial charge is 0.0981 e. The first-order valence-corrected chi connectivity index (χ1v) is 8.49. The zero-order valence-electron chi connectivity index (χ0n) is 13.5. The van der Waals surface area contributed by atoms with Crippen LogP contribution in [0.25, 0.3) is 0 Å². The van der Waals surface area contributed by atoms with E-state index in [9.17, 15) is 0 Å². The Kier molecular flexibility index (Phi) is 5.54. The first kappa shape index (κ1) is 16.2. The van der Waals surface area contributed by atoms with Gasteiger partial charge in [-0.3, -0.25) is 0 Å². The van der Waals surface area contributed by atoms with Crippen molar-refractivity contribution in [2.45, 2.75) is 58.5 Å². The van der Waals surface area contributed by atoms with Gasteiger partial charge in [0.05, 0.1) is 5.01 Å². The Hall–Kier alpha value is -1.19. The summed E-state index contributed by atoms with van der Waals surface area (Å²) in [5.74, 6) is 0. The Labute approximate surface area is 132 Å². The Morgan fingerprint density at radius 1 is 1.19 bits per heavy atom. The summed E-state index contributed by atoms with van der Waals surface area (Å²) in [7, 11) is 0. The largest absolute Gasteiger partial charge is 0.309 e. The average molecular weight is 302 g/mol. The van der Waals surface area contributed by atoms with E-state index in [4.69, 9.17) is 0 Å². The summed E-state index contributed by atoms with van der Waals surface area (Å²) in [6, 6.07) is 11.2. The molecule has 0 radical (unpaired) electrons. The van der Waals surface area contributed by atoms with Crippen LogP contribution < -0.4 is 5.32 Å². The maximum absolute atomic E-state index is 4.54. The van der Waals surface area contributed by atoms with Crippen molar-refractivity contribution in [2.75, 3.05) is 0 Å². The summed E-state index contributed by atoms with van der Waals surface area (Å²) < 4.78 is 0. The van der Waals surface area contributed by atoms with Crippen LogP contribution in [0.4, 0.5) is 0 Å². The molecule has 0 saturated carbocycles. The lowest BCUT2D eigenvalue weighted by Gasteiger charge is -2.14. The molecule has 1 aromatic heterocycles. The zero-order chi connectivity index (χ0) is 15.3. The predicted molar refractivity (Wildman–Crippen MR) is 91.9 cm³/mol. The van der Waals surface area contributed by atoms with Crippen LogP contribution in [0.5, 0.6) is 0 Å². The van der Waals surface area contributed by atoms with Crippen molar-refractivity contribution in [3.63, 3.8) is 0 Å². The van der Waals surface area contributed by atoms with Gasteiger partial charge >= 0.3 is 0 Å². The lowest BCUT2D eigenvalue weighted by molar-refractivity contribution is 0.516. The van der Waals surface area contributed by atoms with Crippen LogP contribution in [0, 0.1) is 0 Å². The Morgan fingerprint density at radius 3 is 2.52 bits per heavy atom. The molecule has 3 heteroatoms. The molecule has 0 bridgehead atoms. The molecule has 0 aliphatic heterocycles. The van der Waals surface area contributed by atoms with E-state index >= 15 is 0 Å². The molecule has 2 nitrogen and oxygen atoms in total. The predicted octanol–water partition coefficient (Wildman–Crippen LogP) is 4.55. The van der Waals surface area contributed by atoms with Crippen molar-refractivity contribution in [1.29, 1.82) is 0 Å². The third kappa shape index (κ3) is 5.25. The fourth-order valence-corrected chi connectivity index (χ4v) is 3.06. The summed E-state index contributed by atoms with van der Waals surface area (Å²) in [5, 5.41) is 4.82. The zero-order valence-corrected chi connectivity index (χ0v) is 14.3. The van der Waals surface area contributed by atoms with E-state index in [-0.39, 0.29) is 5.41 Å². The minimum Gasteiger partial charge on any atom is -0.309 e. The lowest BCUT2D eigenvalue weighted by Crippen LogP contribution is -2.25. The van der Waals surface area contributed by atoms with Gasteiger partial charge in [0.15, 0.2) is 0 Å². The molecule has 1 atom stereocenters. The number of thiazole rings is 1. The van der Waals surface area contributed by atoms with Gasteiger partial charge in [-0.05, 0) is 25.3 Å². The second kappa shape index (κ2) is 7.19. The van der Waals surface area contributed by atoms with Gasteiger partial charge in [-0.2, -0.15) is 0 Å². The SMILES string of the molecule is CC(CCc1ccccc1)NCc1cnc(C(C)(C)C)s1. The van der Waals surface area contributed by atoms with E-state index < -0.39 is 0 Å². The summed E-state index contributed by atoms with van der Waals surface area (Å²) >= 11 is 1.82. The van der Waals surface area contributed by atoms with Crippen molar-refractivity contribution in [3.8, 4) is 0 Å². The molecule has 2 aromatic rings. The highest BCUT2D eigenvalue weighted by Gasteiger charge is 2.17. The summed E-state index contributed by atoms with van der Waals surface area (Å²) in [6.07, 6.45) is 4.31. The molecule has 1 unspecified atom stereocenters. The van der Waals surface area contributed by atoms with Gasteiger partial charge in [-0.25, -0.2) is 4.98 Å². The van der Waals surface area contributed by atoms with E-state index in [1.54, 1.807) is 0 Å². The summed E-state index contributed by atoms with van der Waals surface area (Å²) in [5.41, 5.74) is 1.57. The van der Waals surface area contributed by atoms with Gasteiger partial charge in [0.25, 0.3) is 0 Å². The first-order valence-electron chi connectivity index (χ1n) is 7.67. The van der Waals surface area contributed by atoms with Crippen molar-refractivity contribution < 1.29 is 0 Å². The highest BCUT2D eigenvalue weighted by Crippen LogP contribution is 2.26. The van der Waals surface area contributed by atoms with Crippen molar-refractivity contribution in [3.05, 3.63) is 52.0 Å². The van der Waals surface area contributed by atoms with Crippen molar-refractivity contribution in [1.82, 2.24) is 10.3 Å². The molecule has 0 spiro atoms. The van der Waals surface area contributed by atoms with Gasteiger partial charge in [0.1, 0.15) is 0 Å². The van der Waals surface area contributed by atoms with Gasteiger partial charge in [-0.15, -0.1) is 11.3 Å². The number of nitrogens with one attached hydrogen (secondary N) is 1. The van der Waals surface area contributed by atoms with Crippen LogP contribution in [-0.2, 0) is 18.4 Å². The number of nitrogens with zero attached hydrogens (tertiary/aromatic N) is 1. The van der Waals surface area contributed by atoms with E-state index in [2.05, 4.69) is 68.3 Å². The quantitative estimate of drug-likeness (QED) is 0.846. The molecule has 1 N–H and O–H groups in total. The second-order valence-electron chi connectivity index (χ2n) is 6.69.